The molecule has 0 saturated carbocycles. The van der Waals surface area contributed by atoms with Crippen molar-refractivity contribution in [2.24, 2.45) is 0 Å². The van der Waals surface area contributed by atoms with Crippen molar-refractivity contribution in [2.45, 2.75) is 6.92 Å². The summed E-state index contributed by atoms with van der Waals surface area (Å²) in [6.07, 6.45) is 0. The summed E-state index contributed by atoms with van der Waals surface area (Å²) in [5, 5.41) is 12.1. The van der Waals surface area contributed by atoms with Gasteiger partial charge in [0.2, 0.25) is 0 Å². The molecule has 0 bridgehead atoms. The Morgan fingerprint density at radius 1 is 1.24 bits per heavy atom. The fraction of sp³-hybridized carbons (Fsp3) is 0.188. The topological polar surface area (TPSA) is 58.6 Å². The molecule has 0 aliphatic rings. The van der Waals surface area contributed by atoms with Gasteiger partial charge in [-0.25, -0.2) is 4.79 Å². The number of aromatic carboxylic acids is 1. The summed E-state index contributed by atoms with van der Waals surface area (Å²) in [5.41, 5.74) is 2.49. The van der Waals surface area contributed by atoms with E-state index in [0.29, 0.717) is 18.9 Å². The second-order valence-electron chi connectivity index (χ2n) is 4.56. The summed E-state index contributed by atoms with van der Waals surface area (Å²) < 4.78 is 6.62. The van der Waals surface area contributed by atoms with Gasteiger partial charge in [-0.3, -0.25) is 0 Å². The third-order valence-corrected chi connectivity index (χ3v) is 3.47. The van der Waals surface area contributed by atoms with E-state index in [1.807, 2.05) is 25.1 Å². The normalized spacial score (nSPS) is 10.2. The van der Waals surface area contributed by atoms with Crippen LogP contribution in [-0.2, 0) is 0 Å². The highest BCUT2D eigenvalue weighted by atomic mass is 79.9. The van der Waals surface area contributed by atoms with Crippen LogP contribution in [0.1, 0.15) is 15.9 Å². The summed E-state index contributed by atoms with van der Waals surface area (Å²) in [6.45, 7) is 3.21. The predicted molar refractivity (Wildman–Crippen MR) is 86.3 cm³/mol. The lowest BCUT2D eigenvalue weighted by molar-refractivity contribution is 0.0697. The molecule has 0 spiro atoms. The number of ether oxygens (including phenoxy) is 1. The van der Waals surface area contributed by atoms with Crippen LogP contribution >= 0.6 is 15.9 Å². The zero-order valence-electron chi connectivity index (χ0n) is 11.6. The third kappa shape index (κ3) is 4.49. The Balaban J connectivity index is 1.80. The minimum absolute atomic E-state index is 0.256. The van der Waals surface area contributed by atoms with Gasteiger partial charge in [0.25, 0.3) is 0 Å². The van der Waals surface area contributed by atoms with Crippen LogP contribution in [0.3, 0.4) is 0 Å². The van der Waals surface area contributed by atoms with Gasteiger partial charge < -0.3 is 15.2 Å². The van der Waals surface area contributed by atoms with Crippen LogP contribution in [-0.4, -0.2) is 24.2 Å². The lowest BCUT2D eigenvalue weighted by atomic mass is 10.2. The van der Waals surface area contributed by atoms with E-state index in [1.165, 1.54) is 12.1 Å². The Morgan fingerprint density at radius 2 is 1.95 bits per heavy atom. The van der Waals surface area contributed by atoms with Crippen molar-refractivity contribution >= 4 is 27.6 Å². The number of anilines is 1. The van der Waals surface area contributed by atoms with Gasteiger partial charge in [0, 0.05) is 16.7 Å². The van der Waals surface area contributed by atoms with Crippen molar-refractivity contribution in [3.63, 3.8) is 0 Å². The summed E-state index contributed by atoms with van der Waals surface area (Å²) >= 11 is 3.43. The van der Waals surface area contributed by atoms with Gasteiger partial charge in [-0.15, -0.1) is 0 Å². The maximum atomic E-state index is 10.7. The average Bonchev–Trinajstić information content (AvgIpc) is 2.46. The minimum Gasteiger partial charge on any atom is -0.492 e. The van der Waals surface area contributed by atoms with Crippen molar-refractivity contribution in [3.8, 4) is 5.75 Å². The number of halogens is 1. The molecular weight excluding hydrogens is 334 g/mol. The van der Waals surface area contributed by atoms with E-state index >= 15 is 0 Å². The van der Waals surface area contributed by atoms with Crippen molar-refractivity contribution < 1.29 is 14.6 Å². The smallest absolute Gasteiger partial charge is 0.335 e. The van der Waals surface area contributed by atoms with E-state index in [9.17, 15) is 4.79 Å². The van der Waals surface area contributed by atoms with Crippen LogP contribution in [0.4, 0.5) is 5.69 Å². The molecular formula is C16H16BrNO3. The Hall–Kier alpha value is -2.01. The molecule has 2 N–H and O–H groups in total. The molecule has 0 fully saturated rings. The van der Waals surface area contributed by atoms with Gasteiger partial charge in [0.15, 0.2) is 0 Å². The van der Waals surface area contributed by atoms with Crippen LogP contribution in [0.25, 0.3) is 0 Å². The lowest BCUT2D eigenvalue weighted by Gasteiger charge is -2.11. The molecule has 2 rings (SSSR count). The van der Waals surface area contributed by atoms with Gasteiger partial charge in [-0.05, 0) is 55.0 Å². The molecule has 0 unspecified atom stereocenters. The van der Waals surface area contributed by atoms with Crippen molar-refractivity contribution in [3.05, 3.63) is 58.1 Å². The zero-order valence-corrected chi connectivity index (χ0v) is 13.2. The van der Waals surface area contributed by atoms with E-state index in [-0.39, 0.29) is 5.56 Å². The number of carbonyl (C=O) groups is 1. The highest BCUT2D eigenvalue weighted by Crippen LogP contribution is 2.19. The van der Waals surface area contributed by atoms with Gasteiger partial charge >= 0.3 is 5.97 Å². The quantitative estimate of drug-likeness (QED) is 0.775. The molecule has 0 aromatic heterocycles. The standard InChI is InChI=1S/C16H16BrNO3/c1-11-10-13(17)4-7-15(11)18-8-9-21-14-5-2-12(3-6-14)16(19)20/h2-7,10,18H,8-9H2,1H3,(H,19,20). The zero-order chi connectivity index (χ0) is 15.2. The third-order valence-electron chi connectivity index (χ3n) is 2.98. The van der Waals surface area contributed by atoms with E-state index in [1.54, 1.807) is 12.1 Å². The molecule has 0 aliphatic heterocycles. The van der Waals surface area contributed by atoms with Crippen LogP contribution < -0.4 is 10.1 Å². The first-order chi connectivity index (χ1) is 10.1. The fourth-order valence-electron chi connectivity index (χ4n) is 1.87. The fourth-order valence-corrected chi connectivity index (χ4v) is 2.35. The second kappa shape index (κ2) is 7.13. The maximum Gasteiger partial charge on any atom is 0.335 e. The van der Waals surface area contributed by atoms with Crippen LogP contribution in [0.5, 0.6) is 5.75 Å². The molecule has 21 heavy (non-hydrogen) atoms. The molecule has 110 valence electrons. The minimum atomic E-state index is -0.936. The van der Waals surface area contributed by atoms with Gasteiger partial charge in [0.05, 0.1) is 5.56 Å². The molecule has 4 nitrogen and oxygen atoms in total. The largest absolute Gasteiger partial charge is 0.492 e. The Bertz CT molecular complexity index is 626. The average molecular weight is 350 g/mol. The summed E-state index contributed by atoms with van der Waals surface area (Å²) in [4.78, 5) is 10.7. The van der Waals surface area contributed by atoms with Crippen molar-refractivity contribution in [2.75, 3.05) is 18.5 Å². The molecule has 0 atom stereocenters. The van der Waals surface area contributed by atoms with Crippen molar-refractivity contribution in [1.29, 1.82) is 0 Å². The first-order valence-corrected chi connectivity index (χ1v) is 7.32. The van der Waals surface area contributed by atoms with Crippen molar-refractivity contribution in [1.82, 2.24) is 0 Å². The molecule has 2 aromatic carbocycles. The summed E-state index contributed by atoms with van der Waals surface area (Å²) in [5.74, 6) is -0.275. The molecule has 2 aromatic rings. The number of rotatable bonds is 6. The lowest BCUT2D eigenvalue weighted by Crippen LogP contribution is -2.12. The summed E-state index contributed by atoms with van der Waals surface area (Å²) in [7, 11) is 0. The number of hydrogen-bond acceptors (Lipinski definition) is 3. The maximum absolute atomic E-state index is 10.7. The van der Waals surface area contributed by atoms with E-state index in [2.05, 4.69) is 21.2 Å². The number of carboxylic acid groups (broad SMARTS) is 1. The first kappa shape index (κ1) is 15.4. The molecule has 0 amide bonds. The SMILES string of the molecule is Cc1cc(Br)ccc1NCCOc1ccc(C(=O)O)cc1. The van der Waals surface area contributed by atoms with E-state index in [0.717, 1.165) is 15.7 Å². The molecule has 0 aliphatic carbocycles. The van der Waals surface area contributed by atoms with Gasteiger partial charge in [-0.2, -0.15) is 0 Å². The monoisotopic (exact) mass is 349 g/mol. The van der Waals surface area contributed by atoms with Gasteiger partial charge in [-0.1, -0.05) is 15.9 Å². The number of carboxylic acids is 1. The van der Waals surface area contributed by atoms with E-state index in [4.69, 9.17) is 9.84 Å². The molecule has 5 heteroatoms. The number of hydrogen-bond donors (Lipinski definition) is 2. The number of aryl methyl sites for hydroxylation is 1. The van der Waals surface area contributed by atoms with Crippen LogP contribution in [0.15, 0.2) is 46.9 Å². The summed E-state index contributed by atoms with van der Waals surface area (Å²) in [6, 6.07) is 12.4. The predicted octanol–water partition coefficient (Wildman–Crippen LogP) is 3.95. The van der Waals surface area contributed by atoms with Crippen LogP contribution in [0.2, 0.25) is 0 Å². The Morgan fingerprint density at radius 3 is 2.57 bits per heavy atom. The van der Waals surface area contributed by atoms with E-state index < -0.39 is 5.97 Å². The second-order valence-corrected chi connectivity index (χ2v) is 5.48. The van der Waals surface area contributed by atoms with Gasteiger partial charge in [0.1, 0.15) is 12.4 Å². The number of nitrogens with one attached hydrogen (secondary N) is 1. The molecule has 0 saturated heterocycles. The Kier molecular flexibility index (Phi) is 5.22. The molecule has 0 heterocycles. The highest BCUT2D eigenvalue weighted by Gasteiger charge is 2.02. The number of benzene rings is 2. The molecule has 0 radical (unpaired) electrons. The Labute approximate surface area is 131 Å². The first-order valence-electron chi connectivity index (χ1n) is 6.52. The van der Waals surface area contributed by atoms with Crippen LogP contribution in [0, 0.1) is 6.92 Å². The highest BCUT2D eigenvalue weighted by molar-refractivity contribution is 9.10.